The van der Waals surface area contributed by atoms with E-state index >= 15 is 0 Å². The van der Waals surface area contributed by atoms with Crippen LogP contribution < -0.4 is 10.6 Å². The van der Waals surface area contributed by atoms with E-state index in [-0.39, 0.29) is 29.4 Å². The number of rotatable bonds is 7. The van der Waals surface area contributed by atoms with Crippen molar-refractivity contribution in [1.29, 1.82) is 0 Å². The molecule has 0 spiro atoms. The van der Waals surface area contributed by atoms with Crippen LogP contribution in [-0.2, 0) is 4.74 Å². The Labute approximate surface area is 166 Å². The molecular formula is C18H39IN4O. The predicted octanol–water partition coefficient (Wildman–Crippen LogP) is 2.95. The van der Waals surface area contributed by atoms with Crippen molar-refractivity contribution in [2.75, 3.05) is 46.9 Å². The number of aliphatic imine (C=N–C) groups is 1. The van der Waals surface area contributed by atoms with Crippen molar-refractivity contribution < 1.29 is 4.74 Å². The van der Waals surface area contributed by atoms with Gasteiger partial charge < -0.3 is 20.3 Å². The van der Waals surface area contributed by atoms with E-state index in [1.165, 1.54) is 6.42 Å². The van der Waals surface area contributed by atoms with Crippen LogP contribution >= 0.6 is 24.0 Å². The number of nitrogens with zero attached hydrogens (tertiary/aromatic N) is 2. The largest absolute Gasteiger partial charge is 0.377 e. The Kier molecular flexibility index (Phi) is 12.3. The molecule has 5 nitrogen and oxygen atoms in total. The van der Waals surface area contributed by atoms with Crippen LogP contribution in [0.2, 0.25) is 0 Å². The fourth-order valence-corrected chi connectivity index (χ4v) is 3.14. The van der Waals surface area contributed by atoms with Crippen molar-refractivity contribution >= 4 is 29.9 Å². The third kappa shape index (κ3) is 9.42. The van der Waals surface area contributed by atoms with Crippen LogP contribution in [0, 0.1) is 11.3 Å². The van der Waals surface area contributed by atoms with Gasteiger partial charge in [0, 0.05) is 32.2 Å². The first-order valence-electron chi connectivity index (χ1n) is 9.13. The molecule has 2 atom stereocenters. The summed E-state index contributed by atoms with van der Waals surface area (Å²) >= 11 is 0. The average molecular weight is 454 g/mol. The molecule has 2 unspecified atom stereocenters. The SMILES string of the molecule is CCNC(=NCC1CCCOC1C(C)(C)C)NCCCN(C)C.I. The third-order valence-corrected chi connectivity index (χ3v) is 4.20. The van der Waals surface area contributed by atoms with Crippen molar-refractivity contribution in [1.82, 2.24) is 15.5 Å². The molecule has 0 aliphatic carbocycles. The topological polar surface area (TPSA) is 48.9 Å². The first-order chi connectivity index (χ1) is 10.8. The van der Waals surface area contributed by atoms with Crippen LogP contribution in [-0.4, -0.2) is 63.8 Å². The molecule has 1 heterocycles. The molecule has 144 valence electrons. The summed E-state index contributed by atoms with van der Waals surface area (Å²) < 4.78 is 6.06. The molecule has 0 amide bonds. The molecule has 0 bridgehead atoms. The third-order valence-electron chi connectivity index (χ3n) is 4.20. The normalized spacial score (nSPS) is 22.2. The van der Waals surface area contributed by atoms with Crippen LogP contribution in [0.4, 0.5) is 0 Å². The van der Waals surface area contributed by atoms with Gasteiger partial charge >= 0.3 is 0 Å². The smallest absolute Gasteiger partial charge is 0.191 e. The summed E-state index contributed by atoms with van der Waals surface area (Å²) in [7, 11) is 4.21. The molecule has 1 fully saturated rings. The van der Waals surface area contributed by atoms with Gasteiger partial charge in [0.05, 0.1) is 6.10 Å². The zero-order chi connectivity index (χ0) is 17.3. The minimum atomic E-state index is 0. The molecule has 0 aromatic carbocycles. The molecule has 24 heavy (non-hydrogen) atoms. The Morgan fingerprint density at radius 2 is 1.96 bits per heavy atom. The zero-order valence-electron chi connectivity index (χ0n) is 16.5. The number of hydrogen-bond acceptors (Lipinski definition) is 3. The van der Waals surface area contributed by atoms with Crippen molar-refractivity contribution in [3.05, 3.63) is 0 Å². The predicted molar refractivity (Wildman–Crippen MR) is 114 cm³/mol. The Hall–Kier alpha value is -0.0800. The molecule has 1 saturated heterocycles. The van der Waals surface area contributed by atoms with E-state index in [0.717, 1.165) is 51.6 Å². The van der Waals surface area contributed by atoms with E-state index in [2.05, 4.69) is 57.3 Å². The lowest BCUT2D eigenvalue weighted by Gasteiger charge is -2.39. The summed E-state index contributed by atoms with van der Waals surface area (Å²) in [6.45, 7) is 13.6. The van der Waals surface area contributed by atoms with Crippen molar-refractivity contribution in [3.63, 3.8) is 0 Å². The summed E-state index contributed by atoms with van der Waals surface area (Å²) in [6.07, 6.45) is 3.79. The van der Waals surface area contributed by atoms with Gasteiger partial charge in [0.2, 0.25) is 0 Å². The first-order valence-corrected chi connectivity index (χ1v) is 9.13. The molecule has 6 heteroatoms. The average Bonchev–Trinajstić information content (AvgIpc) is 2.48. The minimum absolute atomic E-state index is 0. The first kappa shape index (κ1) is 23.9. The summed E-state index contributed by atoms with van der Waals surface area (Å²) in [6, 6.07) is 0. The van der Waals surface area contributed by atoms with Crippen LogP contribution in [0.1, 0.15) is 47.0 Å². The van der Waals surface area contributed by atoms with Crippen molar-refractivity contribution in [3.8, 4) is 0 Å². The molecule has 0 radical (unpaired) electrons. The second-order valence-corrected chi connectivity index (χ2v) is 7.86. The van der Waals surface area contributed by atoms with Gasteiger partial charge in [0.25, 0.3) is 0 Å². The van der Waals surface area contributed by atoms with Gasteiger partial charge in [-0.3, -0.25) is 4.99 Å². The minimum Gasteiger partial charge on any atom is -0.377 e. The number of ether oxygens (including phenoxy) is 1. The van der Waals surface area contributed by atoms with Crippen LogP contribution in [0.15, 0.2) is 4.99 Å². The van der Waals surface area contributed by atoms with Gasteiger partial charge in [0.15, 0.2) is 5.96 Å². The van der Waals surface area contributed by atoms with Crippen molar-refractivity contribution in [2.24, 2.45) is 16.3 Å². The lowest BCUT2D eigenvalue weighted by molar-refractivity contribution is -0.0823. The highest BCUT2D eigenvalue weighted by Crippen LogP contribution is 2.34. The molecule has 0 aromatic heterocycles. The van der Waals surface area contributed by atoms with Crippen LogP contribution in [0.25, 0.3) is 0 Å². The molecular weight excluding hydrogens is 415 g/mol. The fourth-order valence-electron chi connectivity index (χ4n) is 3.14. The molecule has 1 aliphatic rings. The molecule has 1 rings (SSSR count). The van der Waals surface area contributed by atoms with Gasteiger partial charge in [-0.1, -0.05) is 20.8 Å². The van der Waals surface area contributed by atoms with E-state index in [1.807, 2.05) is 0 Å². The molecule has 0 saturated carbocycles. The summed E-state index contributed by atoms with van der Waals surface area (Å²) in [4.78, 5) is 7.03. The summed E-state index contributed by atoms with van der Waals surface area (Å²) in [5, 5.41) is 6.79. The van der Waals surface area contributed by atoms with Gasteiger partial charge in [-0.2, -0.15) is 0 Å². The van der Waals surface area contributed by atoms with Gasteiger partial charge in [-0.15, -0.1) is 24.0 Å². The van der Waals surface area contributed by atoms with E-state index < -0.39 is 0 Å². The molecule has 0 aromatic rings. The maximum atomic E-state index is 6.06. The monoisotopic (exact) mass is 454 g/mol. The second-order valence-electron chi connectivity index (χ2n) is 7.86. The van der Waals surface area contributed by atoms with Gasteiger partial charge in [-0.05, 0) is 52.2 Å². The highest BCUT2D eigenvalue weighted by atomic mass is 127. The summed E-state index contributed by atoms with van der Waals surface area (Å²) in [5.74, 6) is 1.45. The standard InChI is InChI=1S/C18H38N4O.HI/c1-7-19-17(20-11-9-12-22(5)6)21-14-15-10-8-13-23-16(15)18(2,3)4;/h15-16H,7-14H2,1-6H3,(H2,19,20,21);1H. The maximum Gasteiger partial charge on any atom is 0.191 e. The summed E-state index contributed by atoms with van der Waals surface area (Å²) in [5.41, 5.74) is 0.179. The number of hydrogen-bond donors (Lipinski definition) is 2. The van der Waals surface area contributed by atoms with E-state index in [9.17, 15) is 0 Å². The van der Waals surface area contributed by atoms with E-state index in [1.54, 1.807) is 0 Å². The molecule has 1 aliphatic heterocycles. The lowest BCUT2D eigenvalue weighted by Crippen LogP contribution is -2.43. The van der Waals surface area contributed by atoms with E-state index in [0.29, 0.717) is 12.0 Å². The maximum absolute atomic E-state index is 6.06. The Bertz CT molecular complexity index is 355. The van der Waals surface area contributed by atoms with E-state index in [4.69, 9.17) is 9.73 Å². The Balaban J connectivity index is 0.00000529. The van der Waals surface area contributed by atoms with Crippen LogP contribution in [0.5, 0.6) is 0 Å². The lowest BCUT2D eigenvalue weighted by atomic mass is 9.78. The molecule has 2 N–H and O–H groups in total. The van der Waals surface area contributed by atoms with Gasteiger partial charge in [0.1, 0.15) is 0 Å². The highest BCUT2D eigenvalue weighted by molar-refractivity contribution is 14.0. The van der Waals surface area contributed by atoms with Gasteiger partial charge in [-0.25, -0.2) is 0 Å². The quantitative estimate of drug-likeness (QED) is 0.269. The Morgan fingerprint density at radius 1 is 1.25 bits per heavy atom. The Morgan fingerprint density at radius 3 is 2.54 bits per heavy atom. The zero-order valence-corrected chi connectivity index (χ0v) is 18.9. The number of guanidine groups is 1. The van der Waals surface area contributed by atoms with Crippen LogP contribution in [0.3, 0.4) is 0 Å². The highest BCUT2D eigenvalue weighted by Gasteiger charge is 2.35. The number of nitrogens with one attached hydrogen (secondary N) is 2. The van der Waals surface area contributed by atoms with Crippen molar-refractivity contribution in [2.45, 2.75) is 53.1 Å². The second kappa shape index (κ2) is 12.3. The fraction of sp³-hybridized carbons (Fsp3) is 0.944. The number of halogens is 1.